The fourth-order valence-corrected chi connectivity index (χ4v) is 10.2. The summed E-state index contributed by atoms with van der Waals surface area (Å²) < 4.78 is 6.54. The van der Waals surface area contributed by atoms with E-state index in [0.29, 0.717) is 17.6 Å². The molecule has 0 bridgehead atoms. The zero-order valence-electron chi connectivity index (χ0n) is 35.2. The molecule has 9 aromatic rings. The van der Waals surface area contributed by atoms with Crippen molar-refractivity contribution in [1.29, 1.82) is 0 Å². The van der Waals surface area contributed by atoms with Crippen LogP contribution in [0.5, 0.6) is 0 Å². The summed E-state index contributed by atoms with van der Waals surface area (Å²) in [5.41, 5.74) is 17.8. The molecule has 2 unspecified atom stereocenters. The quantitative estimate of drug-likeness (QED) is 0.153. The topological polar surface area (TPSA) is 51.8 Å². The number of rotatable bonds is 8. The number of nitrogens with zero attached hydrogens (tertiary/aromatic N) is 3. The predicted molar refractivity (Wildman–Crippen MR) is 260 cm³/mol. The molecule has 0 spiro atoms. The second-order valence-electron chi connectivity index (χ2n) is 16.9. The number of fused-ring (bicyclic) bond motifs is 4. The highest BCUT2D eigenvalue weighted by molar-refractivity contribution is 5.96. The maximum absolute atomic E-state index is 6.54. The lowest BCUT2D eigenvalue weighted by molar-refractivity contribution is 0.618. The Labute approximate surface area is 373 Å². The van der Waals surface area contributed by atoms with Gasteiger partial charge in [-0.3, -0.25) is 0 Å². The third-order valence-corrected chi connectivity index (χ3v) is 13.2. The van der Waals surface area contributed by atoms with Gasteiger partial charge in [-0.1, -0.05) is 182 Å². The molecule has 3 aliphatic carbocycles. The normalized spacial score (nSPS) is 17.5. The molecule has 3 aliphatic rings. The van der Waals surface area contributed by atoms with Crippen molar-refractivity contribution >= 4 is 16.7 Å². The van der Waals surface area contributed by atoms with Crippen LogP contribution >= 0.6 is 0 Å². The largest absolute Gasteiger partial charge is 0.436 e. The van der Waals surface area contributed by atoms with Crippen molar-refractivity contribution in [2.75, 3.05) is 0 Å². The van der Waals surface area contributed by atoms with Gasteiger partial charge in [0.15, 0.2) is 11.4 Å². The van der Waals surface area contributed by atoms with Gasteiger partial charge in [0.25, 0.3) is 0 Å². The van der Waals surface area contributed by atoms with E-state index in [1.54, 1.807) is 0 Å². The molecule has 0 N–H and O–H groups in total. The Hall–Kier alpha value is -7.95. The van der Waals surface area contributed by atoms with E-state index >= 15 is 0 Å². The van der Waals surface area contributed by atoms with Crippen LogP contribution in [0.15, 0.2) is 228 Å². The van der Waals surface area contributed by atoms with Crippen molar-refractivity contribution in [3.63, 3.8) is 0 Å². The van der Waals surface area contributed by atoms with Gasteiger partial charge in [-0.25, -0.2) is 15.0 Å². The second kappa shape index (κ2) is 15.7. The first kappa shape index (κ1) is 37.8. The molecule has 2 atom stereocenters. The molecule has 2 aromatic heterocycles. The number of hydrogen-bond donors (Lipinski definition) is 0. The van der Waals surface area contributed by atoms with Gasteiger partial charge >= 0.3 is 0 Å². The fraction of sp³-hybridized carbons (Fsp3) is 0.0833. The Morgan fingerprint density at radius 1 is 0.500 bits per heavy atom. The molecule has 0 aliphatic heterocycles. The maximum Gasteiger partial charge on any atom is 0.227 e. The smallest absolute Gasteiger partial charge is 0.227 e. The van der Waals surface area contributed by atoms with Gasteiger partial charge in [0, 0.05) is 22.6 Å². The van der Waals surface area contributed by atoms with E-state index in [1.807, 2.05) is 36.4 Å². The Balaban J connectivity index is 0.998. The summed E-state index contributed by atoms with van der Waals surface area (Å²) in [5.74, 6) is 1.71. The van der Waals surface area contributed by atoms with E-state index in [1.165, 1.54) is 33.4 Å². The summed E-state index contributed by atoms with van der Waals surface area (Å²) >= 11 is 0. The molecule has 2 heterocycles. The van der Waals surface area contributed by atoms with E-state index in [9.17, 15) is 0 Å². The van der Waals surface area contributed by atoms with Crippen LogP contribution < -0.4 is 0 Å². The van der Waals surface area contributed by atoms with Crippen LogP contribution in [-0.2, 0) is 5.41 Å². The lowest BCUT2D eigenvalue weighted by Crippen LogP contribution is -2.28. The molecular weight excluding hydrogens is 779 g/mol. The lowest BCUT2D eigenvalue weighted by Gasteiger charge is -2.33. The number of allylic oxidation sites excluding steroid dienone is 8. The summed E-state index contributed by atoms with van der Waals surface area (Å²) in [6.45, 7) is 0. The number of benzene rings is 7. The molecule has 0 saturated carbocycles. The Morgan fingerprint density at radius 3 is 2.00 bits per heavy atom. The van der Waals surface area contributed by atoms with Crippen molar-refractivity contribution in [1.82, 2.24) is 15.0 Å². The summed E-state index contributed by atoms with van der Waals surface area (Å²) in [6, 6.07) is 64.6. The van der Waals surface area contributed by atoms with Crippen LogP contribution in [0, 0.1) is 5.92 Å². The molecule has 7 aromatic carbocycles. The second-order valence-corrected chi connectivity index (χ2v) is 16.9. The van der Waals surface area contributed by atoms with Gasteiger partial charge in [-0.05, 0) is 111 Å². The summed E-state index contributed by atoms with van der Waals surface area (Å²) in [5, 5.41) is 0. The molecule has 0 saturated heterocycles. The van der Waals surface area contributed by atoms with Crippen molar-refractivity contribution < 1.29 is 4.42 Å². The average Bonchev–Trinajstić information content (AvgIpc) is 3.95. The van der Waals surface area contributed by atoms with E-state index < -0.39 is 5.41 Å². The van der Waals surface area contributed by atoms with Crippen molar-refractivity contribution in [3.05, 3.63) is 252 Å². The lowest BCUT2D eigenvalue weighted by atomic mass is 9.67. The van der Waals surface area contributed by atoms with Gasteiger partial charge in [0.1, 0.15) is 5.52 Å². The van der Waals surface area contributed by atoms with E-state index in [0.717, 1.165) is 80.7 Å². The van der Waals surface area contributed by atoms with Crippen molar-refractivity contribution in [3.8, 4) is 56.4 Å². The zero-order chi connectivity index (χ0) is 42.5. The van der Waals surface area contributed by atoms with Gasteiger partial charge in [0.05, 0.1) is 16.8 Å². The molecule has 4 nitrogen and oxygen atoms in total. The third kappa shape index (κ3) is 6.41. The zero-order valence-corrected chi connectivity index (χ0v) is 35.2. The first-order valence-electron chi connectivity index (χ1n) is 22.3. The maximum atomic E-state index is 6.54. The summed E-state index contributed by atoms with van der Waals surface area (Å²) in [7, 11) is 0. The third-order valence-electron chi connectivity index (χ3n) is 13.2. The highest BCUT2D eigenvalue weighted by atomic mass is 16.3. The molecule has 0 fully saturated rings. The fourth-order valence-electron chi connectivity index (χ4n) is 10.2. The van der Waals surface area contributed by atoms with E-state index in [4.69, 9.17) is 19.4 Å². The highest BCUT2D eigenvalue weighted by Gasteiger charge is 2.47. The molecule has 12 rings (SSSR count). The van der Waals surface area contributed by atoms with E-state index in [2.05, 4.69) is 182 Å². The van der Waals surface area contributed by atoms with Crippen LogP contribution in [-0.4, -0.2) is 15.0 Å². The number of oxazole rings is 1. The monoisotopic (exact) mass is 821 g/mol. The molecule has 0 radical (unpaired) electrons. The van der Waals surface area contributed by atoms with Crippen molar-refractivity contribution in [2.45, 2.75) is 24.7 Å². The predicted octanol–water partition coefficient (Wildman–Crippen LogP) is 14.9. The van der Waals surface area contributed by atoms with Crippen LogP contribution in [0.25, 0.3) is 73.0 Å². The summed E-state index contributed by atoms with van der Waals surface area (Å²) in [4.78, 5) is 15.5. The number of hydrogen-bond acceptors (Lipinski definition) is 4. The van der Waals surface area contributed by atoms with Gasteiger partial charge in [-0.2, -0.15) is 0 Å². The SMILES string of the molecule is C1=CC(C2C=CC(c3cc(-c4ccccc4)nc(-c4cccc(-c5cccc6c5-c5ccccc5C6(c5ccccc5)c5ccc6nc(-c7ccccc7)oc6c5)c4)n3)=CC2)=CCC1. The minimum Gasteiger partial charge on any atom is -0.436 e. The molecule has 4 heteroatoms. The molecule has 304 valence electrons. The first-order valence-corrected chi connectivity index (χ1v) is 22.3. The van der Waals surface area contributed by atoms with Gasteiger partial charge in [0.2, 0.25) is 5.89 Å². The van der Waals surface area contributed by atoms with E-state index in [-0.39, 0.29) is 0 Å². The molecule has 0 amide bonds. The van der Waals surface area contributed by atoms with Crippen LogP contribution in [0.1, 0.15) is 47.2 Å². The van der Waals surface area contributed by atoms with Gasteiger partial charge < -0.3 is 4.42 Å². The average molecular weight is 822 g/mol. The first-order chi connectivity index (χ1) is 31.7. The van der Waals surface area contributed by atoms with Crippen LogP contribution in [0.4, 0.5) is 0 Å². The standard InChI is InChI=1S/C60H43N3O/c1-5-17-40(18-6-1)41-31-33-43(34-32-41)55-39-54(42-19-7-2-8-20-42)61-58(62-55)46-24-15-23-45(37-46)49-28-16-30-52-57(49)50-27-13-14-29-51(50)60(52,47-25-11-4-12-26-47)48-35-36-53-56(38-48)64-59(63-53)44-21-9-3-10-22-44/h2-5,7-31,33-39,41H,1,6,32H2. The minimum atomic E-state index is -0.624. The van der Waals surface area contributed by atoms with Crippen LogP contribution in [0.3, 0.4) is 0 Å². The Bertz CT molecular complexity index is 3360. The molecular formula is C60H43N3O. The van der Waals surface area contributed by atoms with Gasteiger partial charge in [-0.15, -0.1) is 0 Å². The highest BCUT2D eigenvalue weighted by Crippen LogP contribution is 2.58. The number of aromatic nitrogens is 3. The molecule has 64 heavy (non-hydrogen) atoms. The summed E-state index contributed by atoms with van der Waals surface area (Å²) in [6.07, 6.45) is 17.1. The van der Waals surface area contributed by atoms with Crippen LogP contribution in [0.2, 0.25) is 0 Å². The van der Waals surface area contributed by atoms with Crippen molar-refractivity contribution in [2.24, 2.45) is 5.92 Å². The Kier molecular flexibility index (Phi) is 9.30. The Morgan fingerprint density at radius 2 is 1.20 bits per heavy atom. The minimum absolute atomic E-state index is 0.391.